The van der Waals surface area contributed by atoms with E-state index in [-0.39, 0.29) is 11.9 Å². The zero-order chi connectivity index (χ0) is 15.0. The molecule has 0 saturated carbocycles. The van der Waals surface area contributed by atoms with E-state index < -0.39 is 11.1 Å². The summed E-state index contributed by atoms with van der Waals surface area (Å²) in [6, 6.07) is 5.01. The molecule has 7 nitrogen and oxygen atoms in total. The molecule has 3 rings (SSSR count). The van der Waals surface area contributed by atoms with Crippen LogP contribution in [0.2, 0.25) is 0 Å². The molecule has 7 heteroatoms. The summed E-state index contributed by atoms with van der Waals surface area (Å²) in [6.07, 6.45) is 0. The molecule has 2 heterocycles. The van der Waals surface area contributed by atoms with Gasteiger partial charge in [-0.2, -0.15) is 0 Å². The number of aromatic nitrogens is 2. The third kappa shape index (κ3) is 2.47. The van der Waals surface area contributed by atoms with Gasteiger partial charge in [0.1, 0.15) is 0 Å². The van der Waals surface area contributed by atoms with Crippen LogP contribution in [0.1, 0.15) is 17.3 Å². The number of hydrogen-bond donors (Lipinski definition) is 3. The lowest BCUT2D eigenvalue weighted by atomic mass is 10.1. The molecule has 1 aliphatic rings. The number of H-pyrrole nitrogens is 2. The Morgan fingerprint density at radius 3 is 2.62 bits per heavy atom. The van der Waals surface area contributed by atoms with Crippen molar-refractivity contribution in [1.82, 2.24) is 20.2 Å². The molecular weight excluding hydrogens is 272 g/mol. The minimum atomic E-state index is -0.720. The molecule has 1 aliphatic heterocycles. The second-order valence-corrected chi connectivity index (χ2v) is 5.22. The van der Waals surface area contributed by atoms with E-state index in [1.807, 2.05) is 6.92 Å². The number of aromatic amines is 2. The standard InChI is InChI=1S/C14H16N4O3/c1-8-7-15-4-5-18(8)14(21)9-2-3-10-11(6-9)17-13(20)12(19)16-10/h2-3,6,8,15H,4-5,7H2,1H3,(H,16,19)(H,17,20)/t8-/m1/s1. The average Bonchev–Trinajstić information content (AvgIpc) is 2.48. The summed E-state index contributed by atoms with van der Waals surface area (Å²) in [4.78, 5) is 41.9. The quantitative estimate of drug-likeness (QED) is 0.625. The first kappa shape index (κ1) is 13.6. The maximum Gasteiger partial charge on any atom is 0.314 e. The van der Waals surface area contributed by atoms with E-state index in [2.05, 4.69) is 15.3 Å². The van der Waals surface area contributed by atoms with Gasteiger partial charge in [0.15, 0.2) is 0 Å². The van der Waals surface area contributed by atoms with Crippen molar-refractivity contribution in [3.8, 4) is 0 Å². The second kappa shape index (κ2) is 5.17. The summed E-state index contributed by atoms with van der Waals surface area (Å²) in [6.45, 7) is 4.18. The van der Waals surface area contributed by atoms with Gasteiger partial charge >= 0.3 is 11.1 Å². The van der Waals surface area contributed by atoms with Crippen molar-refractivity contribution in [2.24, 2.45) is 0 Å². The van der Waals surface area contributed by atoms with Gasteiger partial charge < -0.3 is 20.2 Å². The van der Waals surface area contributed by atoms with Gasteiger partial charge in [-0.25, -0.2) is 0 Å². The van der Waals surface area contributed by atoms with Gasteiger partial charge in [0.05, 0.1) is 11.0 Å². The third-order valence-corrected chi connectivity index (χ3v) is 3.73. The first-order valence-corrected chi connectivity index (χ1v) is 6.84. The van der Waals surface area contributed by atoms with Crippen LogP contribution in [0.25, 0.3) is 11.0 Å². The van der Waals surface area contributed by atoms with E-state index in [0.717, 1.165) is 13.1 Å². The maximum absolute atomic E-state index is 12.5. The predicted octanol–water partition coefficient (Wildman–Crippen LogP) is -0.350. The van der Waals surface area contributed by atoms with Crippen LogP contribution >= 0.6 is 0 Å². The molecule has 0 bridgehead atoms. The fourth-order valence-corrected chi connectivity index (χ4v) is 2.56. The van der Waals surface area contributed by atoms with Gasteiger partial charge in [0, 0.05) is 31.2 Å². The van der Waals surface area contributed by atoms with Crippen LogP contribution in [0, 0.1) is 0 Å². The van der Waals surface area contributed by atoms with E-state index >= 15 is 0 Å². The monoisotopic (exact) mass is 288 g/mol. The van der Waals surface area contributed by atoms with Crippen molar-refractivity contribution in [1.29, 1.82) is 0 Å². The van der Waals surface area contributed by atoms with Gasteiger partial charge in [0.2, 0.25) is 0 Å². The molecule has 1 fully saturated rings. The molecule has 1 aromatic heterocycles. The summed E-state index contributed by atoms with van der Waals surface area (Å²) in [5, 5.41) is 3.23. The molecule has 2 aromatic rings. The third-order valence-electron chi connectivity index (χ3n) is 3.73. The zero-order valence-electron chi connectivity index (χ0n) is 11.6. The van der Waals surface area contributed by atoms with Crippen LogP contribution in [0.4, 0.5) is 0 Å². The van der Waals surface area contributed by atoms with Crippen LogP contribution in [-0.2, 0) is 0 Å². The smallest absolute Gasteiger partial charge is 0.314 e. The molecule has 0 unspecified atom stereocenters. The van der Waals surface area contributed by atoms with Gasteiger partial charge in [-0.1, -0.05) is 0 Å². The maximum atomic E-state index is 12.5. The zero-order valence-corrected chi connectivity index (χ0v) is 11.6. The summed E-state index contributed by atoms with van der Waals surface area (Å²) < 4.78 is 0. The van der Waals surface area contributed by atoms with E-state index in [0.29, 0.717) is 23.1 Å². The van der Waals surface area contributed by atoms with Crippen molar-refractivity contribution in [2.75, 3.05) is 19.6 Å². The highest BCUT2D eigenvalue weighted by Gasteiger charge is 2.24. The fraction of sp³-hybridized carbons (Fsp3) is 0.357. The first-order valence-electron chi connectivity index (χ1n) is 6.84. The number of piperazine rings is 1. The molecule has 0 aliphatic carbocycles. The Kier molecular flexibility index (Phi) is 3.34. The van der Waals surface area contributed by atoms with Gasteiger partial charge in [-0.15, -0.1) is 0 Å². The molecule has 1 atom stereocenters. The van der Waals surface area contributed by atoms with Crippen molar-refractivity contribution in [3.05, 3.63) is 44.5 Å². The van der Waals surface area contributed by atoms with Crippen LogP contribution in [-0.4, -0.2) is 46.5 Å². The van der Waals surface area contributed by atoms with Crippen LogP contribution in [0.15, 0.2) is 27.8 Å². The fourth-order valence-electron chi connectivity index (χ4n) is 2.56. The Morgan fingerprint density at radius 1 is 1.19 bits per heavy atom. The minimum Gasteiger partial charge on any atom is -0.333 e. The van der Waals surface area contributed by atoms with Crippen molar-refractivity contribution < 1.29 is 4.79 Å². The minimum absolute atomic E-state index is 0.0713. The number of hydrogen-bond acceptors (Lipinski definition) is 4. The first-order chi connectivity index (χ1) is 10.1. The van der Waals surface area contributed by atoms with Crippen molar-refractivity contribution in [3.63, 3.8) is 0 Å². The molecule has 21 heavy (non-hydrogen) atoms. The van der Waals surface area contributed by atoms with Gasteiger partial charge in [-0.05, 0) is 25.1 Å². The molecule has 0 radical (unpaired) electrons. The molecule has 0 spiro atoms. The van der Waals surface area contributed by atoms with E-state index in [4.69, 9.17) is 0 Å². The van der Waals surface area contributed by atoms with Crippen molar-refractivity contribution >= 4 is 16.9 Å². The van der Waals surface area contributed by atoms with Gasteiger partial charge in [0.25, 0.3) is 5.91 Å². The number of carbonyl (C=O) groups is 1. The van der Waals surface area contributed by atoms with Crippen LogP contribution in [0.5, 0.6) is 0 Å². The number of nitrogens with zero attached hydrogens (tertiary/aromatic N) is 1. The Morgan fingerprint density at radius 2 is 1.90 bits per heavy atom. The summed E-state index contributed by atoms with van der Waals surface area (Å²) >= 11 is 0. The van der Waals surface area contributed by atoms with E-state index in [9.17, 15) is 14.4 Å². The number of amides is 1. The number of fused-ring (bicyclic) bond motifs is 1. The number of nitrogens with one attached hydrogen (secondary N) is 3. The van der Waals surface area contributed by atoms with Gasteiger partial charge in [-0.3, -0.25) is 14.4 Å². The Hall–Kier alpha value is -2.41. The SMILES string of the molecule is C[C@@H]1CNCCN1C(=O)c1ccc2[nH]c(=O)c(=O)[nH]c2c1. The molecule has 1 saturated heterocycles. The number of carbonyl (C=O) groups excluding carboxylic acids is 1. The molecule has 1 amide bonds. The summed E-state index contributed by atoms with van der Waals surface area (Å²) in [7, 11) is 0. The molecule has 1 aromatic carbocycles. The van der Waals surface area contributed by atoms with Crippen LogP contribution in [0.3, 0.4) is 0 Å². The lowest BCUT2D eigenvalue weighted by molar-refractivity contribution is 0.0656. The summed E-state index contributed by atoms with van der Waals surface area (Å²) in [5.41, 5.74) is 0.0386. The Balaban J connectivity index is 2.00. The lowest BCUT2D eigenvalue weighted by Crippen LogP contribution is -2.52. The predicted molar refractivity (Wildman–Crippen MR) is 78.6 cm³/mol. The molecular formula is C14H16N4O3. The summed E-state index contributed by atoms with van der Waals surface area (Å²) in [5.74, 6) is -0.0713. The van der Waals surface area contributed by atoms with E-state index in [1.165, 1.54) is 0 Å². The lowest BCUT2D eigenvalue weighted by Gasteiger charge is -2.34. The Labute approximate surface area is 120 Å². The number of rotatable bonds is 1. The Bertz CT molecular complexity index is 808. The topological polar surface area (TPSA) is 98.1 Å². The highest BCUT2D eigenvalue weighted by molar-refractivity contribution is 5.97. The van der Waals surface area contributed by atoms with E-state index in [1.54, 1.807) is 23.1 Å². The molecule has 3 N–H and O–H groups in total. The second-order valence-electron chi connectivity index (χ2n) is 5.22. The average molecular weight is 288 g/mol. The molecule has 110 valence electrons. The highest BCUT2D eigenvalue weighted by Crippen LogP contribution is 2.14. The largest absolute Gasteiger partial charge is 0.333 e. The normalized spacial score (nSPS) is 18.9. The van der Waals surface area contributed by atoms with Crippen LogP contribution < -0.4 is 16.4 Å². The number of benzene rings is 1. The highest BCUT2D eigenvalue weighted by atomic mass is 16.2. The van der Waals surface area contributed by atoms with Crippen molar-refractivity contribution in [2.45, 2.75) is 13.0 Å².